The Labute approximate surface area is 184 Å². The molecule has 1 N–H and O–H groups in total. The van der Waals surface area contributed by atoms with Crippen molar-refractivity contribution < 1.29 is 18.1 Å². The van der Waals surface area contributed by atoms with Crippen molar-refractivity contribution in [2.24, 2.45) is 0 Å². The summed E-state index contributed by atoms with van der Waals surface area (Å²) in [5.74, 6) is -0.263. The molecule has 0 saturated heterocycles. The molecule has 4 rings (SSSR count). The Morgan fingerprint density at radius 1 is 1.26 bits per heavy atom. The normalized spacial score (nSPS) is 11.0. The van der Waals surface area contributed by atoms with Crippen LogP contribution in [0.15, 0.2) is 51.5 Å². The number of aromatic nitrogens is 3. The van der Waals surface area contributed by atoms with Crippen molar-refractivity contribution >= 4 is 34.1 Å². The van der Waals surface area contributed by atoms with Crippen LogP contribution in [0.4, 0.5) is 13.9 Å². The second-order valence-corrected chi connectivity index (χ2v) is 8.39. The average Bonchev–Trinajstić information content (AvgIpc) is 3.35. The third kappa shape index (κ3) is 4.64. The summed E-state index contributed by atoms with van der Waals surface area (Å²) in [6.07, 6.45) is 1.61. The highest BCUT2D eigenvalue weighted by Crippen LogP contribution is 2.30. The van der Waals surface area contributed by atoms with Crippen LogP contribution in [0.2, 0.25) is 0 Å². The summed E-state index contributed by atoms with van der Waals surface area (Å²) in [4.78, 5) is 21.4. The molecule has 0 saturated carbocycles. The third-order valence-electron chi connectivity index (χ3n) is 4.48. The van der Waals surface area contributed by atoms with E-state index < -0.39 is 17.5 Å². The third-order valence-corrected chi connectivity index (χ3v) is 6.27. The second kappa shape index (κ2) is 8.94. The van der Waals surface area contributed by atoms with E-state index in [4.69, 9.17) is 4.52 Å². The number of benzene rings is 1. The van der Waals surface area contributed by atoms with Crippen LogP contribution in [-0.4, -0.2) is 21.0 Å². The second-order valence-electron chi connectivity index (χ2n) is 6.56. The van der Waals surface area contributed by atoms with E-state index in [9.17, 15) is 13.6 Å². The van der Waals surface area contributed by atoms with Crippen LogP contribution < -0.4 is 5.32 Å². The number of rotatable bonds is 6. The van der Waals surface area contributed by atoms with Gasteiger partial charge in [0.1, 0.15) is 22.4 Å². The van der Waals surface area contributed by atoms with Crippen LogP contribution in [0.1, 0.15) is 27.4 Å². The fourth-order valence-corrected chi connectivity index (χ4v) is 4.69. The number of hydrogen-bond donors (Lipinski definition) is 1. The van der Waals surface area contributed by atoms with Gasteiger partial charge in [-0.15, -0.1) is 23.1 Å². The molecule has 0 aliphatic carbocycles. The van der Waals surface area contributed by atoms with Crippen molar-refractivity contribution in [2.75, 3.05) is 5.32 Å². The zero-order valence-corrected chi connectivity index (χ0v) is 18.1. The lowest BCUT2D eigenvalue weighted by atomic mass is 10.1. The van der Waals surface area contributed by atoms with Gasteiger partial charge in [-0.05, 0) is 44.2 Å². The molecule has 0 spiro atoms. The number of pyridine rings is 1. The standard InChI is InChI=1S/C21H16F2N4O2S2/c1-11-16(12(2)29-27-11)9-30-20-14(4-3-7-24-20)19(28)26-21-25-18(10-31-21)15-8-13(22)5-6-17(15)23/h3-8,10H,9H2,1-2H3,(H,25,26,28). The average molecular weight is 459 g/mol. The van der Waals surface area contributed by atoms with Crippen LogP contribution >= 0.6 is 23.1 Å². The lowest BCUT2D eigenvalue weighted by molar-refractivity contribution is 0.102. The van der Waals surface area contributed by atoms with Gasteiger partial charge in [-0.3, -0.25) is 10.1 Å². The monoisotopic (exact) mass is 458 g/mol. The summed E-state index contributed by atoms with van der Waals surface area (Å²) in [5, 5.41) is 9.02. The van der Waals surface area contributed by atoms with Gasteiger partial charge in [0.05, 0.1) is 17.0 Å². The molecule has 10 heteroatoms. The molecule has 0 radical (unpaired) electrons. The number of carbonyl (C=O) groups excluding carboxylic acids is 1. The van der Waals surface area contributed by atoms with Crippen LogP contribution in [0, 0.1) is 25.5 Å². The summed E-state index contributed by atoms with van der Waals surface area (Å²) < 4.78 is 32.6. The molecule has 0 atom stereocenters. The molecular formula is C21H16F2N4O2S2. The van der Waals surface area contributed by atoms with Crippen LogP contribution in [0.5, 0.6) is 0 Å². The molecule has 0 bridgehead atoms. The lowest BCUT2D eigenvalue weighted by Gasteiger charge is -2.07. The fourth-order valence-electron chi connectivity index (χ4n) is 2.84. The number of thiazole rings is 1. The minimum absolute atomic E-state index is 0.0360. The van der Waals surface area contributed by atoms with E-state index in [1.165, 1.54) is 11.8 Å². The van der Waals surface area contributed by atoms with Gasteiger partial charge in [0.2, 0.25) is 0 Å². The number of carbonyl (C=O) groups is 1. The largest absolute Gasteiger partial charge is 0.361 e. The quantitative estimate of drug-likeness (QED) is 0.377. The maximum absolute atomic E-state index is 14.0. The Morgan fingerprint density at radius 3 is 2.87 bits per heavy atom. The van der Waals surface area contributed by atoms with Gasteiger partial charge >= 0.3 is 0 Å². The van der Waals surface area contributed by atoms with Gasteiger partial charge < -0.3 is 4.52 Å². The first-order valence-corrected chi connectivity index (χ1v) is 11.0. The number of thioether (sulfide) groups is 1. The minimum Gasteiger partial charge on any atom is -0.361 e. The zero-order valence-electron chi connectivity index (χ0n) is 16.5. The molecule has 6 nitrogen and oxygen atoms in total. The summed E-state index contributed by atoms with van der Waals surface area (Å²) in [6.45, 7) is 3.70. The molecule has 4 aromatic rings. The molecule has 3 heterocycles. The van der Waals surface area contributed by atoms with Gasteiger partial charge in [-0.1, -0.05) is 5.16 Å². The molecule has 1 amide bonds. The van der Waals surface area contributed by atoms with E-state index in [2.05, 4.69) is 20.4 Å². The van der Waals surface area contributed by atoms with Gasteiger partial charge in [-0.2, -0.15) is 0 Å². The Kier molecular flexibility index (Phi) is 6.10. The van der Waals surface area contributed by atoms with Gasteiger partial charge in [0, 0.05) is 28.5 Å². The minimum atomic E-state index is -0.588. The lowest BCUT2D eigenvalue weighted by Crippen LogP contribution is -2.13. The molecule has 0 aliphatic rings. The van der Waals surface area contributed by atoms with Gasteiger partial charge in [-0.25, -0.2) is 18.7 Å². The number of aryl methyl sites for hydroxylation is 2. The van der Waals surface area contributed by atoms with E-state index in [0.29, 0.717) is 16.3 Å². The molecule has 31 heavy (non-hydrogen) atoms. The number of nitrogens with zero attached hydrogens (tertiary/aromatic N) is 3. The van der Waals surface area contributed by atoms with E-state index in [-0.39, 0.29) is 16.4 Å². The maximum Gasteiger partial charge on any atom is 0.260 e. The molecule has 0 aliphatic heterocycles. The highest BCUT2D eigenvalue weighted by atomic mass is 32.2. The van der Waals surface area contributed by atoms with Crippen molar-refractivity contribution in [3.8, 4) is 11.3 Å². The summed E-state index contributed by atoms with van der Waals surface area (Å²) in [6, 6.07) is 6.49. The fraction of sp³-hybridized carbons (Fsp3) is 0.143. The topological polar surface area (TPSA) is 80.9 Å². The van der Waals surface area contributed by atoms with Gasteiger partial charge in [0.15, 0.2) is 5.13 Å². The number of amides is 1. The number of anilines is 1. The van der Waals surface area contributed by atoms with Crippen molar-refractivity contribution in [1.29, 1.82) is 0 Å². The van der Waals surface area contributed by atoms with Crippen LogP contribution in [-0.2, 0) is 5.75 Å². The summed E-state index contributed by atoms with van der Waals surface area (Å²) in [7, 11) is 0. The van der Waals surface area contributed by atoms with Crippen molar-refractivity contribution in [2.45, 2.75) is 24.6 Å². The Hall–Kier alpha value is -3.11. The number of nitrogens with one attached hydrogen (secondary N) is 1. The first kappa shape index (κ1) is 21.1. The number of hydrogen-bond acceptors (Lipinski definition) is 7. The SMILES string of the molecule is Cc1noc(C)c1CSc1ncccc1C(=O)Nc1nc(-c2cc(F)ccc2F)cs1. The zero-order chi connectivity index (χ0) is 22.0. The number of halogens is 2. The summed E-state index contributed by atoms with van der Waals surface area (Å²) in [5.41, 5.74) is 2.42. The first-order chi connectivity index (χ1) is 14.9. The van der Waals surface area contributed by atoms with Crippen molar-refractivity contribution in [3.05, 3.63) is 76.1 Å². The molecule has 1 aromatic carbocycles. The predicted octanol–water partition coefficient (Wildman–Crippen LogP) is 5.63. The Morgan fingerprint density at radius 2 is 2.10 bits per heavy atom. The van der Waals surface area contributed by atoms with E-state index in [0.717, 1.165) is 46.6 Å². The maximum atomic E-state index is 14.0. The molecule has 3 aromatic heterocycles. The Bertz CT molecular complexity index is 1240. The van der Waals surface area contributed by atoms with Crippen molar-refractivity contribution in [1.82, 2.24) is 15.1 Å². The first-order valence-electron chi connectivity index (χ1n) is 9.14. The molecule has 0 fully saturated rings. The summed E-state index contributed by atoms with van der Waals surface area (Å²) >= 11 is 2.52. The van der Waals surface area contributed by atoms with E-state index in [1.807, 2.05) is 13.8 Å². The highest BCUT2D eigenvalue weighted by molar-refractivity contribution is 7.98. The molecule has 158 valence electrons. The molecular weight excluding hydrogens is 442 g/mol. The Balaban J connectivity index is 1.51. The van der Waals surface area contributed by atoms with Crippen LogP contribution in [0.3, 0.4) is 0 Å². The van der Waals surface area contributed by atoms with E-state index >= 15 is 0 Å². The molecule has 0 unspecified atom stereocenters. The smallest absolute Gasteiger partial charge is 0.260 e. The van der Waals surface area contributed by atoms with Crippen LogP contribution in [0.25, 0.3) is 11.3 Å². The predicted molar refractivity (Wildman–Crippen MR) is 115 cm³/mol. The highest BCUT2D eigenvalue weighted by Gasteiger charge is 2.18. The van der Waals surface area contributed by atoms with Crippen molar-refractivity contribution in [3.63, 3.8) is 0 Å². The van der Waals surface area contributed by atoms with E-state index in [1.54, 1.807) is 23.7 Å². The van der Waals surface area contributed by atoms with Gasteiger partial charge in [0.25, 0.3) is 5.91 Å².